The Kier molecular flexibility index (Phi) is 6.31. The van der Waals surface area contributed by atoms with Gasteiger partial charge in [0.25, 0.3) is 0 Å². The van der Waals surface area contributed by atoms with Crippen LogP contribution in [-0.2, 0) is 23.2 Å². The minimum absolute atomic E-state index is 0. The molecule has 1 unspecified atom stereocenters. The van der Waals surface area contributed by atoms with Crippen molar-refractivity contribution in [3.05, 3.63) is 99.2 Å². The molecule has 0 aliphatic heterocycles. The van der Waals surface area contributed by atoms with Gasteiger partial charge in [-0.3, -0.25) is 0 Å². The fraction of sp³-hybridized carbons (Fsp3) is 0.130. The molecule has 2 aliphatic rings. The Balaban J connectivity index is 0.00000105. The fourth-order valence-electron chi connectivity index (χ4n) is 4.02. The van der Waals surface area contributed by atoms with E-state index in [1.165, 1.54) is 33.4 Å². The Labute approximate surface area is 184 Å². The summed E-state index contributed by atoms with van der Waals surface area (Å²) in [7, 11) is 0. The molecule has 3 aromatic rings. The molecule has 0 N–H and O–H groups in total. The van der Waals surface area contributed by atoms with Crippen molar-refractivity contribution in [2.45, 2.75) is 10.5 Å². The van der Waals surface area contributed by atoms with Crippen molar-refractivity contribution >= 4 is 5.57 Å². The summed E-state index contributed by atoms with van der Waals surface area (Å²) in [6.45, 7) is 2.34. The predicted octanol–water partition coefficient (Wildman–Crippen LogP) is 0.0571. The van der Waals surface area contributed by atoms with Crippen LogP contribution in [0.15, 0.2) is 87.0 Å². The summed E-state index contributed by atoms with van der Waals surface area (Å²) < 4.78 is 7.63. The second kappa shape index (κ2) is 8.35. The molecule has 0 saturated carbocycles. The molecule has 2 aromatic carbocycles. The number of hydrogen-bond donors (Lipinski definition) is 0. The summed E-state index contributed by atoms with van der Waals surface area (Å²) in [6, 6.07) is 20.1. The zero-order valence-corrected chi connectivity index (χ0v) is 18.8. The van der Waals surface area contributed by atoms with Crippen molar-refractivity contribution in [3.8, 4) is 11.1 Å². The largest absolute Gasteiger partial charge is 1.00 e. The molecule has 1 aromatic heterocycles. The molecule has 134 valence electrons. The van der Waals surface area contributed by atoms with Gasteiger partial charge in [0.1, 0.15) is 0 Å². The van der Waals surface area contributed by atoms with E-state index in [9.17, 15) is 0 Å². The summed E-state index contributed by atoms with van der Waals surface area (Å²) in [5.41, 5.74) is 8.59. The smallest absolute Gasteiger partial charge is 1.00 e. The van der Waals surface area contributed by atoms with Crippen LogP contribution in [0, 0.1) is 5.92 Å². The molecule has 2 aliphatic carbocycles. The summed E-state index contributed by atoms with van der Waals surface area (Å²) >= 11 is -0.843. The van der Waals surface area contributed by atoms with Gasteiger partial charge in [-0.1, -0.05) is 0 Å². The van der Waals surface area contributed by atoms with E-state index in [0.717, 1.165) is 0 Å². The normalized spacial score (nSPS) is 17.0. The Morgan fingerprint density at radius 1 is 0.852 bits per heavy atom. The maximum Gasteiger partial charge on any atom is -1.00 e. The van der Waals surface area contributed by atoms with E-state index >= 15 is 0 Å². The quantitative estimate of drug-likeness (QED) is 0.526. The monoisotopic (exact) mass is 470 g/mol. The summed E-state index contributed by atoms with van der Waals surface area (Å²) in [5.74, 6) is 0.552. The SMILES string of the molecule is CC1C=CC(c2ccoc2)=[C]1[Zr+2][CH]1c2ccccc2-c2ccccc21.[Cl-].[Cl-]. The minimum Gasteiger partial charge on any atom is -1.00 e. The van der Waals surface area contributed by atoms with Crippen molar-refractivity contribution in [2.75, 3.05) is 0 Å². The molecule has 0 amide bonds. The van der Waals surface area contributed by atoms with Gasteiger partial charge in [0.2, 0.25) is 0 Å². The van der Waals surface area contributed by atoms with Crippen molar-refractivity contribution in [1.82, 2.24) is 0 Å². The number of hydrogen-bond acceptors (Lipinski definition) is 1. The van der Waals surface area contributed by atoms with Crippen LogP contribution in [0.1, 0.15) is 27.2 Å². The topological polar surface area (TPSA) is 13.1 Å². The van der Waals surface area contributed by atoms with Crippen LogP contribution >= 0.6 is 0 Å². The first-order valence-electron chi connectivity index (χ1n) is 8.72. The van der Waals surface area contributed by atoms with Gasteiger partial charge in [0.15, 0.2) is 0 Å². The Bertz CT molecular complexity index is 959. The average molecular weight is 473 g/mol. The number of halogens is 2. The van der Waals surface area contributed by atoms with Gasteiger partial charge in [0, 0.05) is 0 Å². The zero-order chi connectivity index (χ0) is 16.8. The van der Waals surface area contributed by atoms with E-state index in [1.54, 1.807) is 9.54 Å². The summed E-state index contributed by atoms with van der Waals surface area (Å²) in [4.78, 5) is 0. The standard InChI is InChI=1S/C13H9.C10H9O.2ClH.Zr/c1-3-7-12-10(5-1)9-11-6-2-4-8-13(11)12;1-8-2-3-9(6-8)10-4-5-11-7-10;;;/h1-9H;2-5,7-8H,1H3;2*1H;/q;;;;+2/p-2. The van der Waals surface area contributed by atoms with Crippen molar-refractivity contribution < 1.29 is 52.5 Å². The van der Waals surface area contributed by atoms with Gasteiger partial charge < -0.3 is 24.8 Å². The Morgan fingerprint density at radius 3 is 2.07 bits per heavy atom. The van der Waals surface area contributed by atoms with E-state index in [-0.39, 0.29) is 24.8 Å². The molecule has 27 heavy (non-hydrogen) atoms. The van der Waals surface area contributed by atoms with Crippen molar-refractivity contribution in [2.24, 2.45) is 5.92 Å². The van der Waals surface area contributed by atoms with Crippen LogP contribution in [0.3, 0.4) is 0 Å². The maximum absolute atomic E-state index is 5.34. The zero-order valence-electron chi connectivity index (χ0n) is 14.8. The van der Waals surface area contributed by atoms with Gasteiger partial charge >= 0.3 is 160 Å². The van der Waals surface area contributed by atoms with E-state index in [2.05, 4.69) is 73.7 Å². The van der Waals surface area contributed by atoms with Gasteiger partial charge in [-0.05, 0) is 0 Å². The van der Waals surface area contributed by atoms with Crippen LogP contribution in [0.2, 0.25) is 0 Å². The van der Waals surface area contributed by atoms with E-state index in [0.29, 0.717) is 9.54 Å². The first-order chi connectivity index (χ1) is 12.3. The molecule has 1 heterocycles. The number of allylic oxidation sites excluding steroid dienone is 4. The second-order valence-corrected chi connectivity index (χ2v) is 10.2. The van der Waals surface area contributed by atoms with Crippen LogP contribution in [0.5, 0.6) is 0 Å². The predicted molar refractivity (Wildman–Crippen MR) is 97.7 cm³/mol. The molecule has 1 nitrogen and oxygen atoms in total. The maximum atomic E-state index is 5.34. The second-order valence-electron chi connectivity index (χ2n) is 6.74. The van der Waals surface area contributed by atoms with Crippen LogP contribution < -0.4 is 24.8 Å². The van der Waals surface area contributed by atoms with E-state index in [1.807, 2.05) is 6.26 Å². The van der Waals surface area contributed by atoms with Crippen molar-refractivity contribution in [3.63, 3.8) is 0 Å². The van der Waals surface area contributed by atoms with Gasteiger partial charge in [0.05, 0.1) is 0 Å². The minimum atomic E-state index is -0.843. The number of rotatable bonds is 3. The number of furan rings is 1. The van der Waals surface area contributed by atoms with Crippen LogP contribution in [0.4, 0.5) is 0 Å². The number of benzene rings is 2. The van der Waals surface area contributed by atoms with Crippen LogP contribution in [0.25, 0.3) is 16.7 Å². The van der Waals surface area contributed by atoms with E-state index in [4.69, 9.17) is 4.42 Å². The van der Waals surface area contributed by atoms with Crippen LogP contribution in [-0.4, -0.2) is 0 Å². The first kappa shape index (κ1) is 20.4. The molecular weight excluding hydrogens is 454 g/mol. The molecule has 5 rings (SSSR count). The third kappa shape index (κ3) is 3.44. The molecule has 0 fully saturated rings. The first-order valence-corrected chi connectivity index (χ1v) is 11.4. The molecule has 0 spiro atoms. The molecule has 0 bridgehead atoms. The van der Waals surface area contributed by atoms with E-state index < -0.39 is 23.2 Å². The van der Waals surface area contributed by atoms with Gasteiger partial charge in [-0.2, -0.15) is 0 Å². The summed E-state index contributed by atoms with van der Waals surface area (Å²) in [5, 5.41) is 0. The fourth-order valence-corrected chi connectivity index (χ4v) is 8.61. The average Bonchev–Trinajstić information content (AvgIpc) is 3.36. The molecule has 1 atom stereocenters. The Hall–Kier alpha value is -1.34. The van der Waals surface area contributed by atoms with Gasteiger partial charge in [-0.15, -0.1) is 0 Å². The molecule has 0 radical (unpaired) electrons. The molecular formula is C23H18Cl2OZr. The number of fused-ring (bicyclic) bond motifs is 3. The van der Waals surface area contributed by atoms with Crippen molar-refractivity contribution in [1.29, 1.82) is 0 Å². The third-order valence-electron chi connectivity index (χ3n) is 5.26. The third-order valence-corrected chi connectivity index (χ3v) is 10.0. The summed E-state index contributed by atoms with van der Waals surface area (Å²) in [6.07, 6.45) is 8.32. The Morgan fingerprint density at radius 2 is 1.48 bits per heavy atom. The molecule has 4 heteroatoms. The molecule has 0 saturated heterocycles. The van der Waals surface area contributed by atoms with Gasteiger partial charge in [-0.25, -0.2) is 0 Å².